The molecule has 0 spiro atoms. The van der Waals surface area contributed by atoms with Gasteiger partial charge in [0.25, 0.3) is 11.5 Å². The molecular weight excluding hydrogens is 416 g/mol. The fraction of sp³-hybridized carbons (Fsp3) is 0.115. The second-order valence-electron chi connectivity index (χ2n) is 7.73. The lowest BCUT2D eigenvalue weighted by Gasteiger charge is -2.16. The highest BCUT2D eigenvalue weighted by Gasteiger charge is 2.16. The number of amides is 3. The molecule has 0 radical (unpaired) electrons. The standard InChI is InChI=1S/C26H24N4O3/c1-17(27-25(32)22-16-24(31)30(2)23-11-7-6-10-21(22)23)18-12-14-20(15-13-18)29-26(33)28-19-8-4-3-5-9-19/h3-17H,1-2H3,(H,27,32)(H2,28,29,33). The minimum Gasteiger partial charge on any atom is -0.345 e. The van der Waals surface area contributed by atoms with Gasteiger partial charge < -0.3 is 20.5 Å². The summed E-state index contributed by atoms with van der Waals surface area (Å²) in [6.45, 7) is 1.87. The number of benzene rings is 3. The number of rotatable bonds is 5. The first-order chi connectivity index (χ1) is 15.9. The summed E-state index contributed by atoms with van der Waals surface area (Å²) in [5.41, 5.74) is 3.00. The topological polar surface area (TPSA) is 92.2 Å². The van der Waals surface area contributed by atoms with Crippen molar-refractivity contribution in [3.05, 3.63) is 106 Å². The summed E-state index contributed by atoms with van der Waals surface area (Å²) in [5.74, 6) is -0.319. The first-order valence-electron chi connectivity index (χ1n) is 10.5. The summed E-state index contributed by atoms with van der Waals surface area (Å²) in [4.78, 5) is 37.4. The van der Waals surface area contributed by atoms with Crippen LogP contribution in [0.2, 0.25) is 0 Å². The maximum Gasteiger partial charge on any atom is 0.323 e. The van der Waals surface area contributed by atoms with Gasteiger partial charge in [-0.3, -0.25) is 9.59 Å². The minimum absolute atomic E-state index is 0.240. The molecule has 1 atom stereocenters. The second-order valence-corrected chi connectivity index (χ2v) is 7.73. The Labute approximate surface area is 191 Å². The number of anilines is 2. The van der Waals surface area contributed by atoms with Crippen molar-refractivity contribution in [1.29, 1.82) is 0 Å². The molecule has 166 valence electrons. The molecule has 0 aliphatic carbocycles. The third-order valence-corrected chi connectivity index (χ3v) is 5.45. The molecule has 33 heavy (non-hydrogen) atoms. The summed E-state index contributed by atoms with van der Waals surface area (Å²) in [7, 11) is 1.69. The number of hydrogen-bond donors (Lipinski definition) is 3. The number of para-hydroxylation sites is 2. The van der Waals surface area contributed by atoms with E-state index in [2.05, 4.69) is 16.0 Å². The van der Waals surface area contributed by atoms with Crippen LogP contribution in [0.1, 0.15) is 28.9 Å². The van der Waals surface area contributed by atoms with Gasteiger partial charge >= 0.3 is 6.03 Å². The van der Waals surface area contributed by atoms with Crippen LogP contribution < -0.4 is 21.5 Å². The maximum absolute atomic E-state index is 13.0. The lowest BCUT2D eigenvalue weighted by Crippen LogP contribution is -2.29. The van der Waals surface area contributed by atoms with E-state index in [1.165, 1.54) is 10.6 Å². The number of pyridine rings is 1. The molecule has 4 rings (SSSR count). The summed E-state index contributed by atoms with van der Waals surface area (Å²) < 4.78 is 1.52. The smallest absolute Gasteiger partial charge is 0.323 e. The average molecular weight is 441 g/mol. The summed E-state index contributed by atoms with van der Waals surface area (Å²) >= 11 is 0. The third kappa shape index (κ3) is 4.93. The Bertz CT molecular complexity index is 1360. The summed E-state index contributed by atoms with van der Waals surface area (Å²) in [6.07, 6.45) is 0. The van der Waals surface area contributed by atoms with Crippen LogP contribution in [0.3, 0.4) is 0 Å². The summed E-state index contributed by atoms with van der Waals surface area (Å²) in [5, 5.41) is 9.21. The molecule has 0 bridgehead atoms. The van der Waals surface area contributed by atoms with Crippen molar-refractivity contribution >= 4 is 34.2 Å². The van der Waals surface area contributed by atoms with Gasteiger partial charge in [-0.1, -0.05) is 48.5 Å². The van der Waals surface area contributed by atoms with Gasteiger partial charge in [0.1, 0.15) is 0 Å². The fourth-order valence-electron chi connectivity index (χ4n) is 3.63. The lowest BCUT2D eigenvalue weighted by molar-refractivity contribution is 0.0941. The van der Waals surface area contributed by atoms with Gasteiger partial charge in [-0.2, -0.15) is 0 Å². The Kier molecular flexibility index (Phi) is 6.22. The van der Waals surface area contributed by atoms with Crippen molar-refractivity contribution in [3.63, 3.8) is 0 Å². The zero-order valence-electron chi connectivity index (χ0n) is 18.3. The normalized spacial score (nSPS) is 11.6. The number of urea groups is 1. The van der Waals surface area contributed by atoms with Crippen LogP contribution in [0.5, 0.6) is 0 Å². The van der Waals surface area contributed by atoms with E-state index in [9.17, 15) is 14.4 Å². The molecule has 0 aliphatic rings. The number of hydrogen-bond acceptors (Lipinski definition) is 3. The zero-order valence-corrected chi connectivity index (χ0v) is 18.3. The SMILES string of the molecule is CC(NC(=O)c1cc(=O)n(C)c2ccccc12)c1ccc(NC(=O)Nc2ccccc2)cc1. The molecule has 1 aromatic heterocycles. The maximum atomic E-state index is 13.0. The fourth-order valence-corrected chi connectivity index (χ4v) is 3.63. The molecule has 0 fully saturated rings. The monoisotopic (exact) mass is 440 g/mol. The van der Waals surface area contributed by atoms with Gasteiger partial charge in [-0.25, -0.2) is 4.79 Å². The molecule has 3 N–H and O–H groups in total. The summed E-state index contributed by atoms with van der Waals surface area (Å²) in [6, 6.07) is 24.4. The minimum atomic E-state index is -0.340. The van der Waals surface area contributed by atoms with Crippen LogP contribution in [0.15, 0.2) is 89.7 Å². The first kappa shape index (κ1) is 21.8. The Morgan fingerprint density at radius 1 is 0.818 bits per heavy atom. The van der Waals surface area contributed by atoms with Crippen LogP contribution >= 0.6 is 0 Å². The van der Waals surface area contributed by atoms with Crippen molar-refractivity contribution in [3.8, 4) is 0 Å². The molecule has 7 nitrogen and oxygen atoms in total. The molecular formula is C26H24N4O3. The van der Waals surface area contributed by atoms with Gasteiger partial charge in [-0.15, -0.1) is 0 Å². The molecule has 7 heteroatoms. The van der Waals surface area contributed by atoms with Crippen molar-refractivity contribution in [1.82, 2.24) is 9.88 Å². The zero-order chi connectivity index (χ0) is 23.4. The molecule has 1 heterocycles. The number of fused-ring (bicyclic) bond motifs is 1. The molecule has 0 saturated carbocycles. The number of aryl methyl sites for hydroxylation is 1. The van der Waals surface area contributed by atoms with E-state index in [1.807, 2.05) is 61.5 Å². The Morgan fingerprint density at radius 2 is 1.42 bits per heavy atom. The van der Waals surface area contributed by atoms with E-state index in [-0.39, 0.29) is 23.5 Å². The second kappa shape index (κ2) is 9.40. The molecule has 0 aliphatic heterocycles. The first-order valence-corrected chi connectivity index (χ1v) is 10.5. The third-order valence-electron chi connectivity index (χ3n) is 5.45. The highest BCUT2D eigenvalue weighted by atomic mass is 16.2. The van der Waals surface area contributed by atoms with Gasteiger partial charge in [0.05, 0.1) is 17.1 Å². The van der Waals surface area contributed by atoms with Crippen molar-refractivity contribution in [2.45, 2.75) is 13.0 Å². The predicted octanol–water partition coefficient (Wildman–Crippen LogP) is 4.67. The van der Waals surface area contributed by atoms with Crippen molar-refractivity contribution in [2.75, 3.05) is 10.6 Å². The van der Waals surface area contributed by atoms with Crippen LogP contribution in [-0.2, 0) is 7.05 Å². The number of carbonyl (C=O) groups excluding carboxylic acids is 2. The van der Waals surface area contributed by atoms with Gasteiger partial charge in [-0.05, 0) is 42.8 Å². The largest absolute Gasteiger partial charge is 0.345 e. The average Bonchev–Trinajstić information content (AvgIpc) is 2.82. The number of aromatic nitrogens is 1. The Balaban J connectivity index is 1.44. The lowest BCUT2D eigenvalue weighted by atomic mass is 10.1. The molecule has 3 amide bonds. The molecule has 4 aromatic rings. The highest BCUT2D eigenvalue weighted by Crippen LogP contribution is 2.20. The molecule has 0 saturated heterocycles. The number of nitrogens with zero attached hydrogens (tertiary/aromatic N) is 1. The van der Waals surface area contributed by atoms with Crippen molar-refractivity contribution < 1.29 is 9.59 Å². The van der Waals surface area contributed by atoms with Crippen LogP contribution in [0.4, 0.5) is 16.2 Å². The van der Waals surface area contributed by atoms with Crippen LogP contribution in [-0.4, -0.2) is 16.5 Å². The van der Waals surface area contributed by atoms with E-state index < -0.39 is 0 Å². The molecule has 3 aromatic carbocycles. The van der Waals surface area contributed by atoms with E-state index >= 15 is 0 Å². The van der Waals surface area contributed by atoms with Crippen LogP contribution in [0, 0.1) is 0 Å². The van der Waals surface area contributed by atoms with E-state index in [1.54, 1.807) is 31.3 Å². The number of nitrogens with one attached hydrogen (secondary N) is 3. The van der Waals surface area contributed by atoms with Gasteiger partial charge in [0.2, 0.25) is 0 Å². The van der Waals surface area contributed by atoms with E-state index in [0.717, 1.165) is 5.56 Å². The van der Waals surface area contributed by atoms with Gasteiger partial charge in [0, 0.05) is 29.9 Å². The quantitative estimate of drug-likeness (QED) is 0.421. The van der Waals surface area contributed by atoms with E-state index in [0.29, 0.717) is 27.8 Å². The Morgan fingerprint density at radius 3 is 2.12 bits per heavy atom. The number of carbonyl (C=O) groups is 2. The van der Waals surface area contributed by atoms with E-state index in [4.69, 9.17) is 0 Å². The van der Waals surface area contributed by atoms with Gasteiger partial charge in [0.15, 0.2) is 0 Å². The van der Waals surface area contributed by atoms with Crippen LogP contribution in [0.25, 0.3) is 10.9 Å². The predicted molar refractivity (Wildman–Crippen MR) is 131 cm³/mol. The molecule has 1 unspecified atom stereocenters. The Hall–Kier alpha value is -4.39. The highest BCUT2D eigenvalue weighted by molar-refractivity contribution is 6.06. The van der Waals surface area contributed by atoms with Crippen molar-refractivity contribution in [2.24, 2.45) is 7.05 Å².